The maximum absolute atomic E-state index is 15.0. The van der Waals surface area contributed by atoms with Crippen molar-refractivity contribution < 1.29 is 8.78 Å². The molecule has 3 fully saturated rings. The van der Waals surface area contributed by atoms with Gasteiger partial charge < -0.3 is 0 Å². The summed E-state index contributed by atoms with van der Waals surface area (Å²) in [6.07, 6.45) is 15.8. The molecule has 4 rings (SSSR count). The van der Waals surface area contributed by atoms with E-state index >= 15 is 0 Å². The van der Waals surface area contributed by atoms with Gasteiger partial charge in [0.1, 0.15) is 7.85 Å². The molecule has 0 bridgehead atoms. The first-order valence-corrected chi connectivity index (χ1v) is 11.6. The van der Waals surface area contributed by atoms with Crippen LogP contribution in [0.3, 0.4) is 0 Å². The lowest BCUT2D eigenvalue weighted by molar-refractivity contribution is 0.185. The zero-order valence-corrected chi connectivity index (χ0v) is 17.0. The summed E-state index contributed by atoms with van der Waals surface area (Å²) in [4.78, 5) is 0. The second-order valence-electron chi connectivity index (χ2n) is 9.84. The third kappa shape index (κ3) is 4.27. The normalized spacial score (nSPS) is 33.1. The lowest BCUT2D eigenvalue weighted by Gasteiger charge is -2.36. The molecule has 148 valence electrons. The van der Waals surface area contributed by atoms with E-state index in [1.165, 1.54) is 44.9 Å². The highest BCUT2D eigenvalue weighted by Gasteiger charge is 2.32. The van der Waals surface area contributed by atoms with Crippen LogP contribution in [0, 0.1) is 23.5 Å². The summed E-state index contributed by atoms with van der Waals surface area (Å²) >= 11 is 0. The Kier molecular flexibility index (Phi) is 6.24. The average molecular weight is 372 g/mol. The van der Waals surface area contributed by atoms with Crippen LogP contribution in [0.5, 0.6) is 0 Å². The monoisotopic (exact) mass is 372 g/mol. The minimum atomic E-state index is -0.540. The lowest BCUT2D eigenvalue weighted by atomic mass is 9.69. The van der Waals surface area contributed by atoms with Gasteiger partial charge in [0.2, 0.25) is 0 Å². The lowest BCUT2D eigenvalue weighted by Crippen LogP contribution is -2.23. The first-order chi connectivity index (χ1) is 13.1. The molecule has 0 unspecified atom stereocenters. The summed E-state index contributed by atoms with van der Waals surface area (Å²) in [6, 6.07) is 3.85. The maximum Gasteiger partial charge on any atom is 0.162 e. The van der Waals surface area contributed by atoms with Gasteiger partial charge in [-0.15, -0.1) is 0 Å². The van der Waals surface area contributed by atoms with Crippen LogP contribution in [0.2, 0.25) is 5.82 Å². The molecule has 1 aromatic rings. The van der Waals surface area contributed by atoms with E-state index in [1.54, 1.807) is 0 Å². The van der Waals surface area contributed by atoms with E-state index in [0.29, 0.717) is 11.1 Å². The van der Waals surface area contributed by atoms with Crippen LogP contribution in [-0.4, -0.2) is 7.85 Å². The van der Waals surface area contributed by atoms with Gasteiger partial charge in [0, 0.05) is 0 Å². The van der Waals surface area contributed by atoms with Crippen molar-refractivity contribution in [3.8, 4) is 0 Å². The molecule has 0 saturated heterocycles. The topological polar surface area (TPSA) is 0 Å². The van der Waals surface area contributed by atoms with Crippen molar-refractivity contribution in [3.63, 3.8) is 0 Å². The predicted molar refractivity (Wildman–Crippen MR) is 111 cm³/mol. The Labute approximate surface area is 164 Å². The first kappa shape index (κ1) is 19.5. The molecule has 27 heavy (non-hydrogen) atoms. The van der Waals surface area contributed by atoms with Crippen LogP contribution in [-0.2, 0) is 0 Å². The van der Waals surface area contributed by atoms with Gasteiger partial charge in [-0.2, -0.15) is 0 Å². The number of rotatable bonds is 3. The first-order valence-electron chi connectivity index (χ1n) is 11.6. The van der Waals surface area contributed by atoms with Crippen molar-refractivity contribution in [2.24, 2.45) is 11.8 Å². The summed E-state index contributed by atoms with van der Waals surface area (Å²) in [5.74, 6) is 1.82. The Morgan fingerprint density at radius 1 is 0.593 bits per heavy atom. The van der Waals surface area contributed by atoms with Gasteiger partial charge in [-0.25, -0.2) is 8.78 Å². The zero-order valence-electron chi connectivity index (χ0n) is 17.0. The number of hydrogen-bond acceptors (Lipinski definition) is 0. The molecule has 3 heteroatoms. The quantitative estimate of drug-likeness (QED) is 0.506. The van der Waals surface area contributed by atoms with Crippen LogP contribution in [0.25, 0.3) is 0 Å². The minimum Gasteiger partial charge on any atom is -0.203 e. The van der Waals surface area contributed by atoms with Crippen LogP contribution in [0.1, 0.15) is 106 Å². The molecule has 0 heterocycles. The van der Waals surface area contributed by atoms with Gasteiger partial charge in [0.05, 0.1) is 0 Å². The summed E-state index contributed by atoms with van der Waals surface area (Å²) in [5, 5.41) is 0. The average Bonchev–Trinajstić information content (AvgIpc) is 2.72. The van der Waals surface area contributed by atoms with E-state index in [9.17, 15) is 8.78 Å². The molecule has 0 atom stereocenters. The van der Waals surface area contributed by atoms with Gasteiger partial charge in [-0.3, -0.25) is 0 Å². The Bertz CT molecular complexity index is 622. The fourth-order valence-corrected chi connectivity index (χ4v) is 6.29. The van der Waals surface area contributed by atoms with Gasteiger partial charge in [-0.05, 0) is 73.3 Å². The number of benzene rings is 1. The fourth-order valence-electron chi connectivity index (χ4n) is 6.29. The second kappa shape index (κ2) is 8.66. The van der Waals surface area contributed by atoms with Crippen LogP contribution in [0.4, 0.5) is 8.78 Å². The third-order valence-electron chi connectivity index (χ3n) is 8.13. The zero-order chi connectivity index (χ0) is 18.8. The van der Waals surface area contributed by atoms with E-state index in [-0.39, 0.29) is 11.8 Å². The van der Waals surface area contributed by atoms with Gasteiger partial charge in [-0.1, -0.05) is 62.9 Å². The van der Waals surface area contributed by atoms with Crippen molar-refractivity contribution in [2.75, 3.05) is 0 Å². The minimum absolute atomic E-state index is 0.215. The highest BCUT2D eigenvalue weighted by molar-refractivity contribution is 6.11. The smallest absolute Gasteiger partial charge is 0.162 e. The summed E-state index contributed by atoms with van der Waals surface area (Å²) < 4.78 is 29.8. The van der Waals surface area contributed by atoms with E-state index in [2.05, 4.69) is 7.85 Å². The summed E-state index contributed by atoms with van der Waals surface area (Å²) in [7, 11) is 2.26. The van der Waals surface area contributed by atoms with Crippen LogP contribution >= 0.6 is 0 Å². The van der Waals surface area contributed by atoms with Crippen molar-refractivity contribution in [3.05, 3.63) is 34.9 Å². The van der Waals surface area contributed by atoms with Gasteiger partial charge in [0.15, 0.2) is 11.6 Å². The number of hydrogen-bond donors (Lipinski definition) is 0. The molecule has 0 amide bonds. The van der Waals surface area contributed by atoms with Crippen molar-refractivity contribution in [2.45, 2.75) is 101 Å². The molecule has 0 aromatic heterocycles. The molecular formula is C24H35BF2. The predicted octanol–water partition coefficient (Wildman–Crippen LogP) is 6.90. The largest absolute Gasteiger partial charge is 0.203 e. The molecule has 3 aliphatic carbocycles. The molecule has 1 aromatic carbocycles. The van der Waals surface area contributed by atoms with E-state index in [1.807, 2.05) is 12.1 Å². The highest BCUT2D eigenvalue weighted by Crippen LogP contribution is 2.45. The fraction of sp³-hybridized carbons (Fsp3) is 0.750. The Morgan fingerprint density at radius 2 is 1.04 bits per heavy atom. The molecular weight excluding hydrogens is 337 g/mol. The third-order valence-corrected chi connectivity index (χ3v) is 8.13. The molecule has 0 aliphatic heterocycles. The van der Waals surface area contributed by atoms with Gasteiger partial charge in [0.25, 0.3) is 0 Å². The van der Waals surface area contributed by atoms with Gasteiger partial charge >= 0.3 is 0 Å². The Hall–Kier alpha value is -0.855. The Balaban J connectivity index is 1.41. The molecule has 0 spiro atoms. The molecule has 0 nitrogen and oxygen atoms in total. The van der Waals surface area contributed by atoms with Crippen molar-refractivity contribution in [1.29, 1.82) is 0 Å². The van der Waals surface area contributed by atoms with E-state index < -0.39 is 11.6 Å². The molecule has 3 aliphatic rings. The van der Waals surface area contributed by atoms with Crippen molar-refractivity contribution >= 4 is 7.85 Å². The Morgan fingerprint density at radius 3 is 1.56 bits per heavy atom. The highest BCUT2D eigenvalue weighted by atomic mass is 19.2. The SMILES string of the molecule is BC1CCC(c2ccc(C3CCC(C4CCCCC4)CC3)c(F)c2F)CC1. The van der Waals surface area contributed by atoms with Crippen LogP contribution in [0.15, 0.2) is 12.1 Å². The van der Waals surface area contributed by atoms with Crippen LogP contribution < -0.4 is 0 Å². The molecule has 0 radical (unpaired) electrons. The second-order valence-corrected chi connectivity index (χ2v) is 9.84. The molecule has 3 saturated carbocycles. The summed E-state index contributed by atoms with van der Waals surface area (Å²) in [5.41, 5.74) is 1.29. The standard InChI is InChI=1S/C24H35BF2/c25-20-12-10-19(11-13-20)22-15-14-21(23(26)24(22)27)18-8-6-17(7-9-18)16-4-2-1-3-5-16/h14-20H,1-13,25H2. The summed E-state index contributed by atoms with van der Waals surface area (Å²) in [6.45, 7) is 0. The maximum atomic E-state index is 15.0. The van der Waals surface area contributed by atoms with Crippen molar-refractivity contribution in [1.82, 2.24) is 0 Å². The van der Waals surface area contributed by atoms with E-state index in [0.717, 1.165) is 56.2 Å². The number of halogens is 2. The van der Waals surface area contributed by atoms with E-state index in [4.69, 9.17) is 0 Å². The molecule has 0 N–H and O–H groups in total.